The predicted molar refractivity (Wildman–Crippen MR) is 171 cm³/mol. The Kier molecular flexibility index (Phi) is 9.26. The van der Waals surface area contributed by atoms with E-state index < -0.39 is 0 Å². The van der Waals surface area contributed by atoms with Crippen molar-refractivity contribution in [2.24, 2.45) is 11.8 Å². The summed E-state index contributed by atoms with van der Waals surface area (Å²) in [4.78, 5) is 14.8. The van der Waals surface area contributed by atoms with Gasteiger partial charge in [-0.1, -0.05) is 85.6 Å². The minimum Gasteiger partial charge on any atom is -0.324 e. The van der Waals surface area contributed by atoms with Crippen molar-refractivity contribution in [3.05, 3.63) is 87.2 Å². The van der Waals surface area contributed by atoms with Gasteiger partial charge in [-0.3, -0.25) is 4.90 Å². The molecule has 0 radical (unpaired) electrons. The van der Waals surface area contributed by atoms with Crippen LogP contribution in [0.3, 0.4) is 0 Å². The molecule has 1 aromatic heterocycles. The number of rotatable bonds is 6. The number of aryl methyl sites for hydroxylation is 1. The smallest absolute Gasteiger partial charge is 0.227 e. The highest BCUT2D eigenvalue weighted by molar-refractivity contribution is 6.42. The number of allylic oxidation sites excluding steroid dienone is 1. The first-order valence-electron chi connectivity index (χ1n) is 15.3. The Morgan fingerprint density at radius 3 is 2.41 bits per heavy atom. The van der Waals surface area contributed by atoms with Crippen molar-refractivity contribution in [1.82, 2.24) is 19.8 Å². The molecule has 1 N–H and O–H groups in total. The Labute approximate surface area is 255 Å². The molecule has 2 fully saturated rings. The van der Waals surface area contributed by atoms with Crippen LogP contribution in [0.4, 0.5) is 11.6 Å². The average Bonchev–Trinajstić information content (AvgIpc) is 2.98. The number of hydrogen-bond acceptors (Lipinski definition) is 5. The zero-order valence-electron chi connectivity index (χ0n) is 24.1. The highest BCUT2D eigenvalue weighted by atomic mass is 35.5. The molecule has 3 aliphatic rings. The second kappa shape index (κ2) is 13.2. The van der Waals surface area contributed by atoms with E-state index in [0.29, 0.717) is 21.9 Å². The molecule has 0 amide bonds. The van der Waals surface area contributed by atoms with E-state index in [9.17, 15) is 0 Å². The largest absolute Gasteiger partial charge is 0.324 e. The summed E-state index contributed by atoms with van der Waals surface area (Å²) in [5.74, 6) is 2.12. The van der Waals surface area contributed by atoms with Gasteiger partial charge in [-0.2, -0.15) is 0 Å². The van der Waals surface area contributed by atoms with Crippen LogP contribution in [0.1, 0.15) is 67.3 Å². The molecule has 5 nitrogen and oxygen atoms in total. The molecule has 2 aliphatic carbocycles. The van der Waals surface area contributed by atoms with Crippen LogP contribution in [0.5, 0.6) is 0 Å². The lowest BCUT2D eigenvalue weighted by Gasteiger charge is -2.32. The Balaban J connectivity index is 1.27. The van der Waals surface area contributed by atoms with E-state index in [4.69, 9.17) is 33.2 Å². The van der Waals surface area contributed by atoms with Crippen molar-refractivity contribution in [3.63, 3.8) is 0 Å². The first-order valence-corrected chi connectivity index (χ1v) is 16.1. The Bertz CT molecular complexity index is 1360. The summed E-state index contributed by atoms with van der Waals surface area (Å²) in [5.41, 5.74) is 7.01. The zero-order chi connectivity index (χ0) is 28.2. The van der Waals surface area contributed by atoms with E-state index in [-0.39, 0.29) is 0 Å². The maximum atomic E-state index is 6.26. The van der Waals surface area contributed by atoms with E-state index >= 15 is 0 Å². The molecule has 1 unspecified atom stereocenters. The van der Waals surface area contributed by atoms with Crippen molar-refractivity contribution >= 4 is 40.4 Å². The van der Waals surface area contributed by atoms with Gasteiger partial charge in [0.25, 0.3) is 0 Å². The third kappa shape index (κ3) is 7.14. The molecule has 1 saturated carbocycles. The van der Waals surface area contributed by atoms with Crippen molar-refractivity contribution < 1.29 is 0 Å². The van der Waals surface area contributed by atoms with Crippen LogP contribution in [-0.2, 0) is 13.0 Å². The molecule has 6 rings (SSSR count). The molecule has 0 bridgehead atoms. The maximum absolute atomic E-state index is 6.26. The van der Waals surface area contributed by atoms with Gasteiger partial charge in [0.1, 0.15) is 0 Å². The monoisotopic (exact) mass is 589 g/mol. The van der Waals surface area contributed by atoms with Crippen molar-refractivity contribution in [3.8, 4) is 0 Å². The summed E-state index contributed by atoms with van der Waals surface area (Å²) < 4.78 is 0. The van der Waals surface area contributed by atoms with Gasteiger partial charge >= 0.3 is 0 Å². The highest BCUT2D eigenvalue weighted by Crippen LogP contribution is 2.39. The predicted octanol–water partition coefficient (Wildman–Crippen LogP) is 8.24. The summed E-state index contributed by atoms with van der Waals surface area (Å²) in [6.07, 6.45) is 14.7. The fourth-order valence-corrected chi connectivity index (χ4v) is 7.07. The minimum absolute atomic E-state index is 0.513. The molecule has 3 aromatic rings. The van der Waals surface area contributed by atoms with Gasteiger partial charge in [-0.15, -0.1) is 0 Å². The Morgan fingerprint density at radius 1 is 0.878 bits per heavy atom. The van der Waals surface area contributed by atoms with E-state index in [1.165, 1.54) is 55.2 Å². The van der Waals surface area contributed by atoms with Crippen LogP contribution >= 0.6 is 23.2 Å². The fraction of sp³-hybridized carbons (Fsp3) is 0.471. The number of nitrogens with zero attached hydrogens (tertiary/aromatic N) is 4. The van der Waals surface area contributed by atoms with Crippen LogP contribution in [0, 0.1) is 11.8 Å². The van der Waals surface area contributed by atoms with E-state index in [1.54, 1.807) is 6.07 Å². The van der Waals surface area contributed by atoms with Gasteiger partial charge in [0, 0.05) is 50.2 Å². The van der Waals surface area contributed by atoms with Gasteiger partial charge in [-0.25, -0.2) is 9.97 Å². The van der Waals surface area contributed by atoms with Gasteiger partial charge in [0.15, 0.2) is 0 Å². The van der Waals surface area contributed by atoms with Crippen LogP contribution in [-0.4, -0.2) is 53.0 Å². The Morgan fingerprint density at radius 2 is 1.66 bits per heavy atom. The molecule has 216 valence electrons. The third-order valence-electron chi connectivity index (χ3n) is 9.29. The standard InChI is InChI=1S/C34H41Cl2N5/c1-40-17-19-41(20-18-40)23-24-7-9-27(10-8-24)29-14-11-26(25-5-3-2-4-6-25)12-16-33-30(29)22-37-34(39-33)38-28-13-15-31(35)32(36)21-28/h7-10,13-15,21-22,25-26H,2-6,11-12,16-20,23H2,1H3,(H,37,38,39)/b29-14-. The van der Waals surface area contributed by atoms with Crippen molar-refractivity contribution in [1.29, 1.82) is 0 Å². The molecular formula is C34H41Cl2N5. The summed E-state index contributed by atoms with van der Waals surface area (Å²) in [7, 11) is 2.21. The average molecular weight is 591 g/mol. The van der Waals surface area contributed by atoms with E-state index in [0.717, 1.165) is 68.4 Å². The number of benzene rings is 2. The zero-order valence-corrected chi connectivity index (χ0v) is 25.6. The summed E-state index contributed by atoms with van der Waals surface area (Å²) in [6.45, 7) is 5.57. The first-order chi connectivity index (χ1) is 20.0. The van der Waals surface area contributed by atoms with Crippen LogP contribution in [0.25, 0.3) is 5.57 Å². The summed E-state index contributed by atoms with van der Waals surface area (Å²) in [6, 6.07) is 14.8. The first kappa shape index (κ1) is 28.7. The molecule has 1 saturated heterocycles. The van der Waals surface area contributed by atoms with Crippen molar-refractivity contribution in [2.45, 2.75) is 57.9 Å². The number of nitrogens with one attached hydrogen (secondary N) is 1. The number of anilines is 2. The van der Waals surface area contributed by atoms with E-state index in [2.05, 4.69) is 52.5 Å². The number of halogens is 2. The lowest BCUT2D eigenvalue weighted by Crippen LogP contribution is -2.43. The number of likely N-dealkylation sites (N-methyl/N-ethyl adjacent to an activating group) is 1. The topological polar surface area (TPSA) is 44.3 Å². The summed E-state index contributed by atoms with van der Waals surface area (Å²) in [5, 5.41) is 4.39. The van der Waals surface area contributed by atoms with Gasteiger partial charge in [0.2, 0.25) is 5.95 Å². The quantitative estimate of drug-likeness (QED) is 0.313. The molecule has 1 aliphatic heterocycles. The molecule has 7 heteroatoms. The normalized spacial score (nSPS) is 22.3. The van der Waals surface area contributed by atoms with Gasteiger partial charge in [-0.05, 0) is 73.0 Å². The van der Waals surface area contributed by atoms with Gasteiger partial charge < -0.3 is 10.2 Å². The second-order valence-corrected chi connectivity index (χ2v) is 12.9. The fourth-order valence-electron chi connectivity index (χ4n) is 6.78. The molecule has 2 aromatic carbocycles. The number of piperazine rings is 1. The minimum atomic E-state index is 0.513. The number of hydrogen-bond donors (Lipinski definition) is 1. The maximum Gasteiger partial charge on any atom is 0.227 e. The van der Waals surface area contributed by atoms with Crippen LogP contribution < -0.4 is 5.32 Å². The number of fused-ring (bicyclic) bond motifs is 1. The van der Waals surface area contributed by atoms with E-state index in [1.807, 2.05) is 18.3 Å². The Hall–Kier alpha value is -2.44. The third-order valence-corrected chi connectivity index (χ3v) is 10.0. The van der Waals surface area contributed by atoms with Crippen LogP contribution in [0.2, 0.25) is 10.0 Å². The lowest BCUT2D eigenvalue weighted by atomic mass is 9.75. The summed E-state index contributed by atoms with van der Waals surface area (Å²) >= 11 is 12.4. The molecule has 0 spiro atoms. The SMILES string of the molecule is CN1CCN(Cc2ccc(/C3=C/CC(C4CCCCC4)CCc4nc(Nc5ccc(Cl)c(Cl)c5)ncc43)cc2)CC1. The van der Waals surface area contributed by atoms with Crippen LogP contribution in [0.15, 0.2) is 54.7 Å². The molecular weight excluding hydrogens is 549 g/mol. The molecule has 41 heavy (non-hydrogen) atoms. The lowest BCUT2D eigenvalue weighted by molar-refractivity contribution is 0.148. The molecule has 1 atom stereocenters. The van der Waals surface area contributed by atoms with Gasteiger partial charge in [0.05, 0.1) is 15.7 Å². The highest BCUT2D eigenvalue weighted by Gasteiger charge is 2.26. The number of aromatic nitrogens is 2. The second-order valence-electron chi connectivity index (χ2n) is 12.1. The van der Waals surface area contributed by atoms with Crippen molar-refractivity contribution in [2.75, 3.05) is 38.5 Å². The molecule has 2 heterocycles.